The molecule has 0 bridgehead atoms. The summed E-state index contributed by atoms with van der Waals surface area (Å²) in [7, 11) is -2.26. The van der Waals surface area contributed by atoms with Crippen LogP contribution in [0.2, 0.25) is 0 Å². The number of amides is 1. The molecular formula is C12H14BrNO4S. The summed E-state index contributed by atoms with van der Waals surface area (Å²) >= 11 is 3.28. The number of halogens is 1. The van der Waals surface area contributed by atoms with Crippen LogP contribution in [0.4, 0.5) is 0 Å². The lowest BCUT2D eigenvalue weighted by molar-refractivity contribution is 0.0870. The maximum absolute atomic E-state index is 12.3. The fourth-order valence-corrected chi connectivity index (χ4v) is 3.97. The Bertz CT molecular complexity index is 600. The number of hydrogen-bond donors (Lipinski definition) is 0. The van der Waals surface area contributed by atoms with Gasteiger partial charge in [0, 0.05) is 17.9 Å². The van der Waals surface area contributed by atoms with Crippen molar-refractivity contribution in [3.63, 3.8) is 0 Å². The normalized spacial score (nSPS) is 16.5. The van der Waals surface area contributed by atoms with E-state index in [2.05, 4.69) is 15.9 Å². The molecule has 1 heterocycles. The molecule has 1 aliphatic heterocycles. The second kappa shape index (κ2) is 5.50. The van der Waals surface area contributed by atoms with Gasteiger partial charge in [-0.15, -0.1) is 0 Å². The Morgan fingerprint density at radius 2 is 2.05 bits per heavy atom. The first-order valence-corrected chi connectivity index (χ1v) is 8.39. The molecule has 0 radical (unpaired) electrons. The van der Waals surface area contributed by atoms with Gasteiger partial charge in [0.2, 0.25) is 0 Å². The number of hydrogen-bond acceptors (Lipinski definition) is 4. The standard InChI is InChI=1S/C12H14BrNO4S/c1-18-9-4-5-10-11(8-9)19(16,17)14(12(10)15)7-3-2-6-13/h4-5,8H,2-3,6-7H2,1H3. The van der Waals surface area contributed by atoms with Crippen LogP contribution in [-0.4, -0.2) is 37.6 Å². The van der Waals surface area contributed by atoms with Crippen molar-refractivity contribution in [2.75, 3.05) is 19.0 Å². The summed E-state index contributed by atoms with van der Waals surface area (Å²) in [6.45, 7) is 0.212. The molecule has 7 heteroatoms. The van der Waals surface area contributed by atoms with Crippen LogP contribution in [0.3, 0.4) is 0 Å². The van der Waals surface area contributed by atoms with Gasteiger partial charge in [-0.2, -0.15) is 0 Å². The quantitative estimate of drug-likeness (QED) is 0.603. The van der Waals surface area contributed by atoms with E-state index in [0.717, 1.165) is 16.1 Å². The predicted molar refractivity (Wildman–Crippen MR) is 74.2 cm³/mol. The fraction of sp³-hybridized carbons (Fsp3) is 0.417. The van der Waals surface area contributed by atoms with Crippen molar-refractivity contribution in [2.24, 2.45) is 0 Å². The lowest BCUT2D eigenvalue weighted by Gasteiger charge is -2.14. The number of carbonyl (C=O) groups is 1. The molecule has 0 fully saturated rings. The number of sulfonamides is 1. The first-order valence-electron chi connectivity index (χ1n) is 5.83. The SMILES string of the molecule is COc1ccc2c(c1)S(=O)(=O)N(CCCCBr)C2=O. The summed E-state index contributed by atoms with van der Waals surface area (Å²) in [6.07, 6.45) is 1.46. The molecule has 2 rings (SSSR count). The molecule has 0 spiro atoms. The van der Waals surface area contributed by atoms with Gasteiger partial charge >= 0.3 is 0 Å². The fourth-order valence-electron chi connectivity index (χ4n) is 1.95. The second-order valence-electron chi connectivity index (χ2n) is 4.14. The van der Waals surface area contributed by atoms with Crippen molar-refractivity contribution in [3.05, 3.63) is 23.8 Å². The van der Waals surface area contributed by atoms with Crippen molar-refractivity contribution in [1.29, 1.82) is 0 Å². The van der Waals surface area contributed by atoms with E-state index in [1.165, 1.54) is 19.2 Å². The Labute approximate surface area is 120 Å². The molecule has 0 saturated heterocycles. The monoisotopic (exact) mass is 347 g/mol. The smallest absolute Gasteiger partial charge is 0.269 e. The number of unbranched alkanes of at least 4 members (excludes halogenated alkanes) is 1. The third-order valence-electron chi connectivity index (χ3n) is 2.96. The van der Waals surface area contributed by atoms with Gasteiger partial charge in [-0.05, 0) is 25.0 Å². The highest BCUT2D eigenvalue weighted by atomic mass is 79.9. The number of alkyl halides is 1. The zero-order valence-electron chi connectivity index (χ0n) is 10.4. The number of ether oxygens (including phenoxy) is 1. The van der Waals surface area contributed by atoms with Gasteiger partial charge in [0.1, 0.15) is 10.6 Å². The van der Waals surface area contributed by atoms with Gasteiger partial charge in [-0.1, -0.05) is 15.9 Å². The van der Waals surface area contributed by atoms with E-state index in [-0.39, 0.29) is 17.0 Å². The molecule has 1 aliphatic rings. The van der Waals surface area contributed by atoms with Gasteiger partial charge < -0.3 is 4.74 Å². The molecule has 0 saturated carbocycles. The van der Waals surface area contributed by atoms with Crippen LogP contribution >= 0.6 is 15.9 Å². The summed E-state index contributed by atoms with van der Waals surface area (Å²) in [5, 5.41) is 0.788. The maximum atomic E-state index is 12.3. The Hall–Kier alpha value is -1.08. The van der Waals surface area contributed by atoms with E-state index in [4.69, 9.17) is 4.74 Å². The van der Waals surface area contributed by atoms with Crippen molar-refractivity contribution >= 4 is 31.9 Å². The van der Waals surface area contributed by atoms with Gasteiger partial charge in [0.15, 0.2) is 0 Å². The first-order chi connectivity index (χ1) is 9.02. The third-order valence-corrected chi connectivity index (χ3v) is 5.34. The molecule has 0 aliphatic carbocycles. The number of nitrogens with zero attached hydrogens (tertiary/aromatic N) is 1. The Morgan fingerprint density at radius 1 is 1.32 bits per heavy atom. The first kappa shape index (κ1) is 14.3. The highest BCUT2D eigenvalue weighted by Gasteiger charge is 2.40. The zero-order valence-corrected chi connectivity index (χ0v) is 12.8. The maximum Gasteiger partial charge on any atom is 0.269 e. The number of carbonyl (C=O) groups excluding carboxylic acids is 1. The second-order valence-corrected chi connectivity index (χ2v) is 6.76. The topological polar surface area (TPSA) is 63.7 Å². The molecule has 0 unspecified atom stereocenters. The molecule has 104 valence electrons. The van der Waals surface area contributed by atoms with Gasteiger partial charge in [0.25, 0.3) is 15.9 Å². The van der Waals surface area contributed by atoms with Gasteiger partial charge in [-0.3, -0.25) is 4.79 Å². The molecule has 1 aromatic rings. The lowest BCUT2D eigenvalue weighted by atomic mass is 10.2. The minimum atomic E-state index is -3.72. The minimum absolute atomic E-state index is 0.0377. The predicted octanol–water partition coefficient (Wildman–Crippen LogP) is 2.01. The highest BCUT2D eigenvalue weighted by Crippen LogP contribution is 2.33. The average molecular weight is 348 g/mol. The lowest BCUT2D eigenvalue weighted by Crippen LogP contribution is -2.31. The van der Waals surface area contributed by atoms with E-state index >= 15 is 0 Å². The van der Waals surface area contributed by atoms with E-state index in [9.17, 15) is 13.2 Å². The molecule has 0 atom stereocenters. The summed E-state index contributed by atoms with van der Waals surface area (Å²) in [5.41, 5.74) is 0.222. The van der Waals surface area contributed by atoms with Crippen LogP contribution in [0.25, 0.3) is 0 Å². The van der Waals surface area contributed by atoms with Crippen molar-refractivity contribution in [3.8, 4) is 5.75 Å². The van der Waals surface area contributed by atoms with Crippen LogP contribution in [0.1, 0.15) is 23.2 Å². The Kier molecular flexibility index (Phi) is 4.15. The van der Waals surface area contributed by atoms with Crippen molar-refractivity contribution in [1.82, 2.24) is 4.31 Å². The third kappa shape index (κ3) is 2.49. The Balaban J connectivity index is 2.36. The minimum Gasteiger partial charge on any atom is -0.497 e. The van der Waals surface area contributed by atoms with Crippen molar-refractivity contribution < 1.29 is 17.9 Å². The van der Waals surface area contributed by atoms with E-state index in [1.54, 1.807) is 6.07 Å². The number of fused-ring (bicyclic) bond motifs is 1. The van der Waals surface area contributed by atoms with Gasteiger partial charge in [-0.25, -0.2) is 12.7 Å². The summed E-state index contributed by atoms with van der Waals surface area (Å²) in [4.78, 5) is 12.1. The molecule has 0 N–H and O–H groups in total. The van der Waals surface area contributed by atoms with Crippen LogP contribution in [-0.2, 0) is 10.0 Å². The van der Waals surface area contributed by atoms with Crippen LogP contribution in [0.5, 0.6) is 5.75 Å². The number of rotatable bonds is 5. The Morgan fingerprint density at radius 3 is 2.68 bits per heavy atom. The number of benzene rings is 1. The summed E-state index contributed by atoms with van der Waals surface area (Å²) in [6, 6.07) is 4.49. The highest BCUT2D eigenvalue weighted by molar-refractivity contribution is 9.09. The molecule has 5 nitrogen and oxygen atoms in total. The zero-order chi connectivity index (χ0) is 14.0. The van der Waals surface area contributed by atoms with E-state index in [0.29, 0.717) is 12.2 Å². The summed E-state index contributed by atoms with van der Waals surface area (Å²) < 4.78 is 30.5. The van der Waals surface area contributed by atoms with Crippen LogP contribution < -0.4 is 4.74 Å². The van der Waals surface area contributed by atoms with E-state index in [1.807, 2.05) is 0 Å². The molecule has 0 aromatic heterocycles. The van der Waals surface area contributed by atoms with Crippen molar-refractivity contribution in [2.45, 2.75) is 17.7 Å². The van der Waals surface area contributed by atoms with Crippen LogP contribution in [0, 0.1) is 0 Å². The number of methoxy groups -OCH3 is 1. The molecule has 19 heavy (non-hydrogen) atoms. The van der Waals surface area contributed by atoms with E-state index < -0.39 is 15.9 Å². The van der Waals surface area contributed by atoms with Gasteiger partial charge in [0.05, 0.1) is 12.7 Å². The largest absolute Gasteiger partial charge is 0.497 e. The molecule has 1 aromatic carbocycles. The molecular weight excluding hydrogens is 334 g/mol. The summed E-state index contributed by atoms with van der Waals surface area (Å²) in [5.74, 6) is -0.0235. The average Bonchev–Trinajstić information content (AvgIpc) is 2.59. The van der Waals surface area contributed by atoms with Crippen LogP contribution in [0.15, 0.2) is 23.1 Å². The molecule has 1 amide bonds.